The van der Waals surface area contributed by atoms with E-state index in [2.05, 4.69) is 10.2 Å². The van der Waals surface area contributed by atoms with Crippen LogP contribution in [0.5, 0.6) is 0 Å². The average molecular weight is 424 g/mol. The Kier molecular flexibility index (Phi) is 4.30. The highest BCUT2D eigenvalue weighted by molar-refractivity contribution is 5.98. The first-order valence-electron chi connectivity index (χ1n) is 9.83. The van der Waals surface area contributed by atoms with Crippen molar-refractivity contribution in [3.05, 3.63) is 108 Å². The maximum absolute atomic E-state index is 13.0. The first-order chi connectivity index (χ1) is 15.3. The van der Waals surface area contributed by atoms with E-state index in [-0.39, 0.29) is 21.5 Å². The van der Waals surface area contributed by atoms with Crippen molar-refractivity contribution in [3.8, 4) is 5.69 Å². The predicted molar refractivity (Wildman–Crippen MR) is 123 cm³/mol. The third kappa shape index (κ3) is 2.92. The molecule has 0 aliphatic heterocycles. The second-order valence-corrected chi connectivity index (χ2v) is 7.61. The van der Waals surface area contributed by atoms with E-state index < -0.39 is 22.2 Å². The average Bonchev–Trinajstić information content (AvgIpc) is 3.17. The van der Waals surface area contributed by atoms with Crippen LogP contribution in [0.15, 0.2) is 90.1 Å². The monoisotopic (exact) mass is 424 g/mol. The third-order valence-electron chi connectivity index (χ3n) is 5.52. The molecule has 3 aromatic carbocycles. The lowest BCUT2D eigenvalue weighted by Gasteiger charge is -2.00. The van der Waals surface area contributed by atoms with Gasteiger partial charge in [0.1, 0.15) is 0 Å². The lowest BCUT2D eigenvalue weighted by Crippen LogP contribution is -2.23. The molecule has 0 N–H and O–H groups in total. The zero-order valence-electron chi connectivity index (χ0n) is 17.2. The molecule has 5 aromatic rings. The molecule has 0 aliphatic carbocycles. The molecule has 0 amide bonds. The van der Waals surface area contributed by atoms with Crippen molar-refractivity contribution >= 4 is 32.9 Å². The first-order valence-corrected chi connectivity index (χ1v) is 9.83. The Bertz CT molecular complexity index is 1670. The largest absolute Gasteiger partial charge is 0.277 e. The summed E-state index contributed by atoms with van der Waals surface area (Å²) in [5.74, 6) is 0. The van der Waals surface area contributed by atoms with E-state index in [9.17, 15) is 19.2 Å². The van der Waals surface area contributed by atoms with Crippen LogP contribution in [0.25, 0.3) is 27.2 Å². The highest BCUT2D eigenvalue weighted by Gasteiger charge is 2.19. The molecule has 156 valence electrons. The predicted octanol–water partition coefficient (Wildman–Crippen LogP) is 3.16. The zero-order chi connectivity index (χ0) is 22.6. The molecule has 0 saturated heterocycles. The van der Waals surface area contributed by atoms with Crippen molar-refractivity contribution in [1.29, 1.82) is 0 Å². The van der Waals surface area contributed by atoms with E-state index in [0.29, 0.717) is 17.1 Å². The molecule has 5 rings (SSSR count). The third-order valence-corrected chi connectivity index (χ3v) is 5.52. The number of rotatable bonds is 3. The minimum Gasteiger partial charge on any atom is -0.277 e. The number of hydrogen-bond acceptors (Lipinski definition) is 6. The zero-order valence-corrected chi connectivity index (χ0v) is 17.2. The van der Waals surface area contributed by atoms with Gasteiger partial charge in [-0.05, 0) is 55.5 Å². The van der Waals surface area contributed by atoms with Crippen LogP contribution in [0.4, 0.5) is 11.4 Å². The van der Waals surface area contributed by atoms with Gasteiger partial charge in [0.15, 0.2) is 0 Å². The molecule has 2 aromatic heterocycles. The molecule has 0 fully saturated rings. The van der Waals surface area contributed by atoms with E-state index in [4.69, 9.17) is 0 Å². The number of azo groups is 1. The summed E-state index contributed by atoms with van der Waals surface area (Å²) in [6.45, 7) is 1.99. The molecular formula is C24H16N4O4. The fraction of sp³-hybridized carbons (Fsp3) is 0.0833. The summed E-state index contributed by atoms with van der Waals surface area (Å²) in [5, 5.41) is 8.82. The molecule has 2 heterocycles. The Morgan fingerprint density at radius 1 is 0.594 bits per heavy atom. The van der Waals surface area contributed by atoms with Crippen LogP contribution in [-0.2, 0) is 7.05 Å². The van der Waals surface area contributed by atoms with Gasteiger partial charge in [-0.1, -0.05) is 17.7 Å². The van der Waals surface area contributed by atoms with Gasteiger partial charge in [-0.15, -0.1) is 0 Å². The number of aryl methyl sites for hydroxylation is 1. The summed E-state index contributed by atoms with van der Waals surface area (Å²) >= 11 is 0. The van der Waals surface area contributed by atoms with Crippen LogP contribution in [0.2, 0.25) is 0 Å². The summed E-state index contributed by atoms with van der Waals surface area (Å²) in [5.41, 5.74) is 0.686. The molecule has 0 spiro atoms. The van der Waals surface area contributed by atoms with Gasteiger partial charge < -0.3 is 0 Å². The molecule has 8 nitrogen and oxygen atoms in total. The van der Waals surface area contributed by atoms with Gasteiger partial charge in [0.05, 0.1) is 38.6 Å². The molecule has 0 bridgehead atoms. The Morgan fingerprint density at radius 3 is 1.47 bits per heavy atom. The molecule has 8 heteroatoms. The summed E-state index contributed by atoms with van der Waals surface area (Å²) in [6, 6.07) is 16.8. The van der Waals surface area contributed by atoms with E-state index in [1.165, 1.54) is 19.2 Å². The Labute approximate surface area is 180 Å². The molecule has 0 aliphatic rings. The normalized spacial score (nSPS) is 11.8. The maximum Gasteiger partial charge on any atom is 0.266 e. The topological polar surface area (TPSA) is 103 Å². The van der Waals surface area contributed by atoms with Gasteiger partial charge in [-0.3, -0.25) is 23.7 Å². The Balaban J connectivity index is 1.58. The van der Waals surface area contributed by atoms with Gasteiger partial charge in [0.25, 0.3) is 22.2 Å². The number of nitrogens with zero attached hydrogens (tertiary/aromatic N) is 4. The summed E-state index contributed by atoms with van der Waals surface area (Å²) in [7, 11) is 1.36. The van der Waals surface area contributed by atoms with Crippen LogP contribution < -0.4 is 22.2 Å². The number of fused-ring (bicyclic) bond motifs is 2. The molecule has 0 atom stereocenters. The molecular weight excluding hydrogens is 408 g/mol. The Hall–Kier alpha value is -4.46. The van der Waals surface area contributed by atoms with E-state index in [0.717, 1.165) is 14.7 Å². The van der Waals surface area contributed by atoms with Crippen LogP contribution >= 0.6 is 0 Å². The number of benzene rings is 3. The van der Waals surface area contributed by atoms with Gasteiger partial charge >= 0.3 is 0 Å². The fourth-order valence-corrected chi connectivity index (χ4v) is 3.72. The minimum atomic E-state index is -0.545. The summed E-state index contributed by atoms with van der Waals surface area (Å²) in [6.07, 6.45) is 0. The second kappa shape index (κ2) is 7.05. The van der Waals surface area contributed by atoms with E-state index >= 15 is 0 Å². The highest BCUT2D eigenvalue weighted by atomic mass is 16.2. The number of hydrogen-bond donors (Lipinski definition) is 0. The molecule has 0 unspecified atom stereocenters. The number of aromatic nitrogens is 2. The van der Waals surface area contributed by atoms with Crippen molar-refractivity contribution in [2.24, 2.45) is 17.3 Å². The molecule has 0 radical (unpaired) electrons. The summed E-state index contributed by atoms with van der Waals surface area (Å²) in [4.78, 5) is 50.4. The van der Waals surface area contributed by atoms with Gasteiger partial charge in [0.2, 0.25) is 0 Å². The SMILES string of the molecule is Cc1ccc(N=Nc2ccc(-n3c(=O)c4cc5c(=O)n(C)c(=O)c5cc4c3=O)cc2)cc1. The van der Waals surface area contributed by atoms with E-state index in [1.54, 1.807) is 24.3 Å². The first kappa shape index (κ1) is 19.5. The molecule has 0 saturated carbocycles. The minimum absolute atomic E-state index is 0.105. The summed E-state index contributed by atoms with van der Waals surface area (Å²) < 4.78 is 2.00. The lowest BCUT2D eigenvalue weighted by molar-refractivity contribution is 0.856. The van der Waals surface area contributed by atoms with Gasteiger partial charge in [0, 0.05) is 7.05 Å². The highest BCUT2D eigenvalue weighted by Crippen LogP contribution is 2.21. The van der Waals surface area contributed by atoms with Crippen molar-refractivity contribution in [2.45, 2.75) is 6.92 Å². The maximum atomic E-state index is 13.0. The molecule has 32 heavy (non-hydrogen) atoms. The van der Waals surface area contributed by atoms with Crippen LogP contribution in [0.1, 0.15) is 5.56 Å². The van der Waals surface area contributed by atoms with Crippen LogP contribution in [0, 0.1) is 6.92 Å². The van der Waals surface area contributed by atoms with Gasteiger partial charge in [-0.2, -0.15) is 10.2 Å². The van der Waals surface area contributed by atoms with Crippen molar-refractivity contribution in [1.82, 2.24) is 9.13 Å². The van der Waals surface area contributed by atoms with E-state index in [1.807, 2.05) is 31.2 Å². The smallest absolute Gasteiger partial charge is 0.266 e. The fourth-order valence-electron chi connectivity index (χ4n) is 3.72. The standard InChI is InChI=1S/C24H16N4O4/c1-13-3-5-14(6-4-13)25-26-15-7-9-16(10-8-15)28-23(31)19-11-17-18(12-20(19)24(28)32)22(30)27(2)21(17)29/h3-12H,1-2H3. The van der Waals surface area contributed by atoms with Crippen molar-refractivity contribution in [2.75, 3.05) is 0 Å². The van der Waals surface area contributed by atoms with Crippen molar-refractivity contribution in [3.63, 3.8) is 0 Å². The van der Waals surface area contributed by atoms with Gasteiger partial charge in [-0.25, -0.2) is 4.57 Å². The quantitative estimate of drug-likeness (QED) is 0.415. The second-order valence-electron chi connectivity index (χ2n) is 7.61. The lowest BCUT2D eigenvalue weighted by atomic mass is 10.1. The Morgan fingerprint density at radius 2 is 1.00 bits per heavy atom. The van der Waals surface area contributed by atoms with Crippen molar-refractivity contribution < 1.29 is 0 Å². The van der Waals surface area contributed by atoms with Crippen LogP contribution in [-0.4, -0.2) is 9.13 Å². The van der Waals surface area contributed by atoms with Crippen LogP contribution in [0.3, 0.4) is 0 Å².